The van der Waals surface area contributed by atoms with Gasteiger partial charge in [0, 0.05) is 37.3 Å². The molecule has 1 unspecified atom stereocenters. The molecule has 0 amide bonds. The Balaban J connectivity index is 1.81. The Morgan fingerprint density at radius 1 is 1.28 bits per heavy atom. The minimum absolute atomic E-state index is 0.135. The van der Waals surface area contributed by atoms with Crippen LogP contribution in [0.1, 0.15) is 17.1 Å². The number of aliphatic hydroxyl groups is 1. The molecule has 0 saturated heterocycles. The van der Waals surface area contributed by atoms with E-state index in [1.807, 2.05) is 13.0 Å². The highest BCUT2D eigenvalue weighted by atomic mass is 32.1. The van der Waals surface area contributed by atoms with Gasteiger partial charge < -0.3 is 15.0 Å². The number of hydrogen-bond acceptors (Lipinski definition) is 6. The molecule has 6 nitrogen and oxygen atoms in total. The predicted molar refractivity (Wildman–Crippen MR) is 88.4 cm³/mol. The van der Waals surface area contributed by atoms with Crippen molar-refractivity contribution in [2.45, 2.75) is 25.1 Å². The maximum atomic E-state index is 13.5. The fourth-order valence-electron chi connectivity index (χ4n) is 2.62. The van der Waals surface area contributed by atoms with Crippen LogP contribution in [0, 0.1) is 6.92 Å². The second-order valence-electron chi connectivity index (χ2n) is 5.69. The third-order valence-corrected chi connectivity index (χ3v) is 4.85. The highest BCUT2D eigenvalue weighted by Gasteiger charge is 2.57. The zero-order valence-corrected chi connectivity index (χ0v) is 14.3. The van der Waals surface area contributed by atoms with Gasteiger partial charge in [-0.05, 0) is 13.0 Å². The number of alkyl halides is 3. The number of imidazole rings is 1. The zero-order chi connectivity index (χ0) is 18.2. The third kappa shape index (κ3) is 3.19. The average Bonchev–Trinajstić information content (AvgIpc) is 3.11. The van der Waals surface area contributed by atoms with Crippen molar-refractivity contribution in [1.82, 2.24) is 19.5 Å². The van der Waals surface area contributed by atoms with E-state index in [1.54, 1.807) is 0 Å². The van der Waals surface area contributed by atoms with Crippen LogP contribution in [0.3, 0.4) is 0 Å². The molecule has 0 aliphatic carbocycles. The fraction of sp³-hybridized carbons (Fsp3) is 0.400. The first-order chi connectivity index (χ1) is 11.7. The van der Waals surface area contributed by atoms with Crippen LogP contribution in [0.4, 0.5) is 19.0 Å². The Labute approximate surface area is 145 Å². The van der Waals surface area contributed by atoms with E-state index in [1.165, 1.54) is 41.7 Å². The Morgan fingerprint density at radius 2 is 2.04 bits per heavy atom. The van der Waals surface area contributed by atoms with Crippen LogP contribution in [0.2, 0.25) is 0 Å². The largest absolute Gasteiger partial charge is 0.424 e. The molecule has 0 bridgehead atoms. The second-order valence-corrected chi connectivity index (χ2v) is 6.93. The molecule has 3 rings (SSSR count). The maximum absolute atomic E-state index is 13.5. The van der Waals surface area contributed by atoms with E-state index in [0.29, 0.717) is 5.82 Å². The first-order valence-corrected chi connectivity index (χ1v) is 8.26. The van der Waals surface area contributed by atoms with E-state index >= 15 is 0 Å². The third-order valence-electron chi connectivity index (χ3n) is 3.89. The number of anilines is 1. The van der Waals surface area contributed by atoms with Crippen LogP contribution < -0.4 is 5.32 Å². The summed E-state index contributed by atoms with van der Waals surface area (Å²) in [5.41, 5.74) is -3.05. The Bertz CT molecular complexity index is 891. The molecule has 0 spiro atoms. The molecule has 0 aliphatic heterocycles. The van der Waals surface area contributed by atoms with E-state index in [2.05, 4.69) is 20.3 Å². The monoisotopic (exact) mass is 371 g/mol. The van der Waals surface area contributed by atoms with Gasteiger partial charge in [-0.3, -0.25) is 0 Å². The molecular formula is C15H16F3N5OS. The Hall–Kier alpha value is -2.20. The molecule has 0 saturated carbocycles. The molecular weight excluding hydrogens is 355 g/mol. The maximum Gasteiger partial charge on any atom is 0.424 e. The van der Waals surface area contributed by atoms with Crippen molar-refractivity contribution in [3.63, 3.8) is 0 Å². The number of rotatable bonds is 5. The number of thiophene rings is 1. The van der Waals surface area contributed by atoms with Crippen molar-refractivity contribution in [3.05, 3.63) is 35.5 Å². The summed E-state index contributed by atoms with van der Waals surface area (Å²) < 4.78 is 41.6. The molecule has 3 heterocycles. The highest BCUT2D eigenvalue weighted by Crippen LogP contribution is 2.40. The Kier molecular flexibility index (Phi) is 4.41. The van der Waals surface area contributed by atoms with Gasteiger partial charge >= 0.3 is 6.18 Å². The highest BCUT2D eigenvalue weighted by molar-refractivity contribution is 7.18. The number of hydrogen-bond donors (Lipinski definition) is 2. The first-order valence-electron chi connectivity index (χ1n) is 7.44. The lowest BCUT2D eigenvalue weighted by atomic mass is 9.97. The minimum Gasteiger partial charge on any atom is -0.374 e. The van der Waals surface area contributed by atoms with Crippen molar-refractivity contribution in [2.24, 2.45) is 7.05 Å². The lowest BCUT2D eigenvalue weighted by Crippen LogP contribution is -2.45. The van der Waals surface area contributed by atoms with Crippen LogP contribution in [0.5, 0.6) is 0 Å². The van der Waals surface area contributed by atoms with Crippen LogP contribution >= 0.6 is 11.3 Å². The van der Waals surface area contributed by atoms with Crippen molar-refractivity contribution in [2.75, 3.05) is 11.9 Å². The topological polar surface area (TPSA) is 75.9 Å². The second kappa shape index (κ2) is 6.26. The summed E-state index contributed by atoms with van der Waals surface area (Å²) in [5, 5.41) is 13.9. The standard InChI is InChI=1S/C15H16F3N5OS/c1-9-7-10-11(21-8-22-12(10)25-9)19-4-3-14(24,15(16,17)18)13-20-5-6-23(13)2/h5-8,24H,3-4H2,1-2H3,(H,19,21,22). The van der Waals surface area contributed by atoms with Gasteiger partial charge in [0.15, 0.2) is 0 Å². The van der Waals surface area contributed by atoms with E-state index in [9.17, 15) is 18.3 Å². The molecule has 134 valence electrons. The van der Waals surface area contributed by atoms with Crippen LogP contribution in [-0.2, 0) is 12.6 Å². The fourth-order valence-corrected chi connectivity index (χ4v) is 3.47. The van der Waals surface area contributed by atoms with Gasteiger partial charge in [-0.15, -0.1) is 11.3 Å². The number of aryl methyl sites for hydroxylation is 2. The lowest BCUT2D eigenvalue weighted by Gasteiger charge is -2.30. The van der Waals surface area contributed by atoms with Gasteiger partial charge in [0.1, 0.15) is 22.8 Å². The van der Waals surface area contributed by atoms with Crippen molar-refractivity contribution >= 4 is 27.4 Å². The molecule has 0 radical (unpaired) electrons. The SMILES string of the molecule is Cc1cc2c(NCCC(O)(c3nccn3C)C(F)(F)F)ncnc2s1. The van der Waals surface area contributed by atoms with E-state index in [-0.39, 0.29) is 6.54 Å². The summed E-state index contributed by atoms with van der Waals surface area (Å²) in [7, 11) is 1.41. The molecule has 3 aromatic rings. The summed E-state index contributed by atoms with van der Waals surface area (Å²) >= 11 is 1.48. The van der Waals surface area contributed by atoms with Crippen LogP contribution in [0.25, 0.3) is 10.2 Å². The van der Waals surface area contributed by atoms with Crippen molar-refractivity contribution < 1.29 is 18.3 Å². The molecule has 10 heteroatoms. The summed E-state index contributed by atoms with van der Waals surface area (Å²) in [6.07, 6.45) is -1.51. The zero-order valence-electron chi connectivity index (χ0n) is 13.5. The number of nitrogens with one attached hydrogen (secondary N) is 1. The molecule has 25 heavy (non-hydrogen) atoms. The molecule has 0 aliphatic rings. The normalized spacial score (nSPS) is 14.6. The Morgan fingerprint density at radius 3 is 2.68 bits per heavy atom. The predicted octanol–water partition coefficient (Wildman–Crippen LogP) is 2.99. The van der Waals surface area contributed by atoms with E-state index in [0.717, 1.165) is 15.1 Å². The summed E-state index contributed by atoms with van der Waals surface area (Å²) in [5.74, 6) is -0.000253. The smallest absolute Gasteiger partial charge is 0.374 e. The first kappa shape index (κ1) is 17.6. The van der Waals surface area contributed by atoms with Gasteiger partial charge in [0.2, 0.25) is 5.60 Å². The summed E-state index contributed by atoms with van der Waals surface area (Å²) in [6.45, 7) is 1.78. The van der Waals surface area contributed by atoms with Gasteiger partial charge in [0.25, 0.3) is 0 Å². The summed E-state index contributed by atoms with van der Waals surface area (Å²) in [6, 6.07) is 1.87. The van der Waals surface area contributed by atoms with Crippen molar-refractivity contribution in [1.29, 1.82) is 0 Å². The quantitative estimate of drug-likeness (QED) is 0.721. The number of aromatic nitrogens is 4. The molecule has 0 fully saturated rings. The van der Waals surface area contributed by atoms with Gasteiger partial charge in [0.05, 0.1) is 5.39 Å². The van der Waals surface area contributed by atoms with Gasteiger partial charge in [-0.1, -0.05) is 0 Å². The molecule has 3 aromatic heterocycles. The van der Waals surface area contributed by atoms with Gasteiger partial charge in [-0.2, -0.15) is 13.2 Å². The number of fused-ring (bicyclic) bond motifs is 1. The number of nitrogens with zero attached hydrogens (tertiary/aromatic N) is 4. The van der Waals surface area contributed by atoms with Crippen LogP contribution in [-0.4, -0.2) is 37.3 Å². The van der Waals surface area contributed by atoms with Crippen molar-refractivity contribution in [3.8, 4) is 0 Å². The minimum atomic E-state index is -4.85. The van der Waals surface area contributed by atoms with Crippen LogP contribution in [0.15, 0.2) is 24.8 Å². The molecule has 2 N–H and O–H groups in total. The average molecular weight is 371 g/mol. The van der Waals surface area contributed by atoms with E-state index in [4.69, 9.17) is 0 Å². The van der Waals surface area contributed by atoms with E-state index < -0.39 is 24.0 Å². The lowest BCUT2D eigenvalue weighted by molar-refractivity contribution is -0.271. The molecule has 1 atom stereocenters. The number of halogens is 3. The molecule has 0 aromatic carbocycles. The van der Waals surface area contributed by atoms with Gasteiger partial charge in [-0.25, -0.2) is 15.0 Å². The summed E-state index contributed by atoms with van der Waals surface area (Å²) in [4.78, 5) is 13.7.